The molecule has 0 saturated heterocycles. The summed E-state index contributed by atoms with van der Waals surface area (Å²) in [6.07, 6.45) is 2.09. The van der Waals surface area contributed by atoms with Crippen LogP contribution in [0.15, 0.2) is 18.2 Å². The number of nitrogens with zero attached hydrogens (tertiary/aromatic N) is 1. The highest BCUT2D eigenvalue weighted by atomic mass is 16.8. The molecule has 1 aromatic carbocycles. The molecule has 0 aromatic heterocycles. The summed E-state index contributed by atoms with van der Waals surface area (Å²) in [4.78, 5) is 28.1. The van der Waals surface area contributed by atoms with Gasteiger partial charge in [-0.1, -0.05) is 6.07 Å². The topological polar surface area (TPSA) is 67.9 Å². The summed E-state index contributed by atoms with van der Waals surface area (Å²) in [6, 6.07) is 5.23. The maximum Gasteiger partial charge on any atom is 0.334 e. The molecule has 1 heterocycles. The van der Waals surface area contributed by atoms with Gasteiger partial charge in [-0.25, -0.2) is 15.3 Å². The molecule has 0 amide bonds. The van der Waals surface area contributed by atoms with E-state index in [-0.39, 0.29) is 5.97 Å². The predicted octanol–water partition coefficient (Wildman–Crippen LogP) is 1.28. The van der Waals surface area contributed by atoms with Crippen LogP contribution in [0, 0.1) is 0 Å². The Kier molecular flexibility index (Phi) is 2.27. The lowest BCUT2D eigenvalue weighted by molar-refractivity contribution is -0.145. The molecule has 0 bridgehead atoms. The summed E-state index contributed by atoms with van der Waals surface area (Å²) in [5, 5.41) is 1.50. The Bertz CT molecular complexity index is 525. The highest BCUT2D eigenvalue weighted by molar-refractivity contribution is 5.95. The SMILES string of the molecule is COC(=O)C1(N2ONc3c(C=O)cccc32)CC1. The Balaban J connectivity index is 2.01. The molecule has 1 aliphatic carbocycles. The van der Waals surface area contributed by atoms with Crippen LogP contribution >= 0.6 is 0 Å². The minimum Gasteiger partial charge on any atom is -0.467 e. The molecule has 1 N–H and O–H groups in total. The van der Waals surface area contributed by atoms with E-state index in [9.17, 15) is 9.59 Å². The van der Waals surface area contributed by atoms with E-state index >= 15 is 0 Å². The molecule has 6 nitrogen and oxygen atoms in total. The lowest BCUT2D eigenvalue weighted by Crippen LogP contribution is -2.43. The molecule has 0 spiro atoms. The number of methoxy groups -OCH3 is 1. The Morgan fingerprint density at radius 3 is 2.94 bits per heavy atom. The number of aldehydes is 1. The molecule has 18 heavy (non-hydrogen) atoms. The summed E-state index contributed by atoms with van der Waals surface area (Å²) < 4.78 is 4.80. The van der Waals surface area contributed by atoms with Crippen LogP contribution in [0.1, 0.15) is 23.2 Å². The fraction of sp³-hybridized carbons (Fsp3) is 0.333. The first-order chi connectivity index (χ1) is 8.73. The van der Waals surface area contributed by atoms with E-state index in [4.69, 9.17) is 9.68 Å². The van der Waals surface area contributed by atoms with Crippen molar-refractivity contribution in [1.82, 2.24) is 0 Å². The quantitative estimate of drug-likeness (QED) is 0.642. The first-order valence-corrected chi connectivity index (χ1v) is 5.63. The second-order valence-corrected chi connectivity index (χ2v) is 4.37. The van der Waals surface area contributed by atoms with Gasteiger partial charge in [0.2, 0.25) is 0 Å². The summed E-state index contributed by atoms with van der Waals surface area (Å²) >= 11 is 0. The van der Waals surface area contributed by atoms with Gasteiger partial charge in [-0.3, -0.25) is 4.79 Å². The van der Waals surface area contributed by atoms with Crippen LogP contribution in [0.25, 0.3) is 0 Å². The lowest BCUT2D eigenvalue weighted by Gasteiger charge is -2.24. The van der Waals surface area contributed by atoms with Crippen molar-refractivity contribution < 1.29 is 19.3 Å². The van der Waals surface area contributed by atoms with Gasteiger partial charge in [0, 0.05) is 5.56 Å². The number of hydrogen-bond donors (Lipinski definition) is 1. The third-order valence-corrected chi connectivity index (χ3v) is 3.34. The van der Waals surface area contributed by atoms with Gasteiger partial charge >= 0.3 is 5.97 Å². The van der Waals surface area contributed by atoms with Crippen molar-refractivity contribution in [2.24, 2.45) is 0 Å². The molecule has 1 aromatic rings. The molecular formula is C12H12N2O4. The fourth-order valence-electron chi connectivity index (χ4n) is 2.19. The van der Waals surface area contributed by atoms with Crippen LogP contribution in [0.4, 0.5) is 11.4 Å². The monoisotopic (exact) mass is 248 g/mol. The third-order valence-electron chi connectivity index (χ3n) is 3.34. The largest absolute Gasteiger partial charge is 0.467 e. The van der Waals surface area contributed by atoms with Crippen molar-refractivity contribution >= 4 is 23.6 Å². The minimum absolute atomic E-state index is 0.325. The summed E-state index contributed by atoms with van der Waals surface area (Å²) in [5.41, 5.74) is 3.69. The van der Waals surface area contributed by atoms with E-state index in [2.05, 4.69) is 5.48 Å². The van der Waals surface area contributed by atoms with Crippen LogP contribution in [0.3, 0.4) is 0 Å². The summed E-state index contributed by atoms with van der Waals surface area (Å²) in [6.45, 7) is 0. The number of esters is 1. The van der Waals surface area contributed by atoms with Gasteiger partial charge in [0.25, 0.3) is 0 Å². The molecular weight excluding hydrogens is 236 g/mol. The van der Waals surface area contributed by atoms with Crippen molar-refractivity contribution in [3.63, 3.8) is 0 Å². The third kappa shape index (κ3) is 1.32. The van der Waals surface area contributed by atoms with E-state index < -0.39 is 5.54 Å². The number of fused-ring (bicyclic) bond motifs is 1. The molecule has 0 unspecified atom stereocenters. The Morgan fingerprint density at radius 2 is 2.33 bits per heavy atom. The summed E-state index contributed by atoms with van der Waals surface area (Å²) in [7, 11) is 1.36. The average molecular weight is 248 g/mol. The van der Waals surface area contributed by atoms with Gasteiger partial charge in [0.1, 0.15) is 0 Å². The Labute approximate surface area is 103 Å². The maximum atomic E-state index is 11.8. The fourth-order valence-corrected chi connectivity index (χ4v) is 2.19. The number of carbonyl (C=O) groups excluding carboxylic acids is 2. The van der Waals surface area contributed by atoms with Gasteiger partial charge < -0.3 is 4.74 Å². The van der Waals surface area contributed by atoms with E-state index in [0.717, 1.165) is 6.29 Å². The van der Waals surface area contributed by atoms with E-state index in [0.29, 0.717) is 29.8 Å². The van der Waals surface area contributed by atoms with Gasteiger partial charge in [-0.05, 0) is 25.0 Å². The molecule has 2 aliphatic rings. The Hall–Kier alpha value is -2.08. The summed E-state index contributed by atoms with van der Waals surface area (Å²) in [5.74, 6) is -0.325. The Morgan fingerprint density at radius 1 is 1.56 bits per heavy atom. The normalized spacial score (nSPS) is 18.8. The number of hydrogen-bond acceptors (Lipinski definition) is 6. The van der Waals surface area contributed by atoms with Crippen molar-refractivity contribution in [1.29, 1.82) is 0 Å². The first-order valence-electron chi connectivity index (χ1n) is 5.63. The molecule has 0 radical (unpaired) electrons. The van der Waals surface area contributed by atoms with Gasteiger partial charge in [0.05, 0.1) is 18.5 Å². The van der Waals surface area contributed by atoms with E-state index in [1.807, 2.05) is 0 Å². The van der Waals surface area contributed by atoms with Crippen molar-refractivity contribution in [3.8, 4) is 0 Å². The number of nitrogens with one attached hydrogen (secondary N) is 1. The standard InChI is InChI=1S/C12H12N2O4/c1-17-11(16)12(5-6-12)14-9-4-2-3-8(7-15)10(9)13-18-14/h2-4,7,13H,5-6H2,1H3. The van der Waals surface area contributed by atoms with E-state index in [1.165, 1.54) is 12.2 Å². The zero-order valence-electron chi connectivity index (χ0n) is 9.80. The number of ether oxygens (including phenoxy) is 1. The zero-order chi connectivity index (χ0) is 12.8. The van der Waals surface area contributed by atoms with Gasteiger partial charge in [-0.2, -0.15) is 4.94 Å². The first kappa shape index (κ1) is 11.0. The molecule has 3 rings (SSSR count). The minimum atomic E-state index is -0.755. The van der Waals surface area contributed by atoms with Gasteiger partial charge in [-0.15, -0.1) is 0 Å². The predicted molar refractivity (Wildman–Crippen MR) is 63.0 cm³/mol. The molecule has 1 fully saturated rings. The van der Waals surface area contributed by atoms with Crippen LogP contribution < -0.4 is 10.5 Å². The highest BCUT2D eigenvalue weighted by Gasteiger charge is 2.59. The van der Waals surface area contributed by atoms with Crippen LogP contribution in [-0.4, -0.2) is 24.9 Å². The zero-order valence-corrected chi connectivity index (χ0v) is 9.80. The van der Waals surface area contributed by atoms with Crippen LogP contribution in [0.5, 0.6) is 0 Å². The maximum absolute atomic E-state index is 11.8. The average Bonchev–Trinajstić information content (AvgIpc) is 3.10. The molecule has 1 saturated carbocycles. The second-order valence-electron chi connectivity index (χ2n) is 4.37. The lowest BCUT2D eigenvalue weighted by atomic mass is 10.1. The van der Waals surface area contributed by atoms with Crippen LogP contribution in [-0.2, 0) is 14.5 Å². The van der Waals surface area contributed by atoms with Gasteiger partial charge in [0.15, 0.2) is 11.8 Å². The number of carbonyl (C=O) groups is 2. The molecule has 1 aliphatic heterocycles. The number of para-hydroxylation sites is 1. The smallest absolute Gasteiger partial charge is 0.334 e. The van der Waals surface area contributed by atoms with Crippen molar-refractivity contribution in [3.05, 3.63) is 23.8 Å². The number of benzene rings is 1. The van der Waals surface area contributed by atoms with E-state index in [1.54, 1.807) is 18.2 Å². The van der Waals surface area contributed by atoms with Crippen molar-refractivity contribution in [2.75, 3.05) is 17.7 Å². The highest BCUT2D eigenvalue weighted by Crippen LogP contribution is 2.49. The van der Waals surface area contributed by atoms with Crippen LogP contribution in [0.2, 0.25) is 0 Å². The number of hydroxylamine groups is 1. The molecule has 0 atom stereocenters. The molecule has 6 heteroatoms. The number of rotatable bonds is 3. The van der Waals surface area contributed by atoms with Crippen molar-refractivity contribution in [2.45, 2.75) is 18.4 Å². The molecule has 94 valence electrons. The number of anilines is 2. The second kappa shape index (κ2) is 3.71.